The molecular weight excluding hydrogens is 258 g/mol. The average molecular weight is 272 g/mol. The molecule has 0 fully saturated rings. The Morgan fingerprint density at radius 3 is 1.78 bits per heavy atom. The SMILES string of the molecule is Cc1cc(-c2cccs2)[n+](C)c(-c2cccs2)c1. The van der Waals surface area contributed by atoms with E-state index in [0.29, 0.717) is 0 Å². The monoisotopic (exact) mass is 272 g/mol. The molecule has 0 atom stereocenters. The maximum absolute atomic E-state index is 2.28. The predicted molar refractivity (Wildman–Crippen MR) is 79.0 cm³/mol. The van der Waals surface area contributed by atoms with E-state index in [1.54, 1.807) is 22.7 Å². The third-order valence-electron chi connectivity index (χ3n) is 3.00. The Hall–Kier alpha value is -1.45. The number of hydrogen-bond acceptors (Lipinski definition) is 2. The van der Waals surface area contributed by atoms with Gasteiger partial charge in [-0.15, -0.1) is 22.7 Å². The lowest BCUT2D eigenvalue weighted by Crippen LogP contribution is -2.33. The minimum absolute atomic E-state index is 1.29. The van der Waals surface area contributed by atoms with Gasteiger partial charge in [0.15, 0.2) is 0 Å². The van der Waals surface area contributed by atoms with Gasteiger partial charge in [0.1, 0.15) is 7.05 Å². The number of aryl methyl sites for hydroxylation is 1. The summed E-state index contributed by atoms with van der Waals surface area (Å²) in [6.45, 7) is 2.16. The lowest BCUT2D eigenvalue weighted by molar-refractivity contribution is -0.649. The van der Waals surface area contributed by atoms with E-state index >= 15 is 0 Å². The van der Waals surface area contributed by atoms with Crippen molar-refractivity contribution in [3.63, 3.8) is 0 Å². The summed E-state index contributed by atoms with van der Waals surface area (Å²) in [6.07, 6.45) is 0. The molecule has 3 aromatic rings. The molecule has 0 N–H and O–H groups in total. The number of thiophene rings is 2. The number of hydrogen-bond donors (Lipinski definition) is 0. The molecule has 0 aromatic carbocycles. The summed E-state index contributed by atoms with van der Waals surface area (Å²) in [7, 11) is 2.14. The summed E-state index contributed by atoms with van der Waals surface area (Å²) in [5, 5.41) is 4.25. The molecule has 3 aromatic heterocycles. The Balaban J connectivity index is 2.23. The lowest BCUT2D eigenvalue weighted by atomic mass is 10.1. The minimum atomic E-state index is 1.29. The van der Waals surface area contributed by atoms with Crippen LogP contribution in [0.2, 0.25) is 0 Å². The molecule has 0 aliphatic heterocycles. The molecule has 3 heterocycles. The summed E-state index contributed by atoms with van der Waals surface area (Å²) in [5.41, 5.74) is 3.88. The van der Waals surface area contributed by atoms with E-state index in [-0.39, 0.29) is 0 Å². The normalized spacial score (nSPS) is 10.8. The summed E-state index contributed by atoms with van der Waals surface area (Å²) < 4.78 is 2.28. The van der Waals surface area contributed by atoms with Gasteiger partial charge >= 0.3 is 0 Å². The van der Waals surface area contributed by atoms with E-state index in [2.05, 4.69) is 65.7 Å². The van der Waals surface area contributed by atoms with Gasteiger partial charge in [-0.05, 0) is 35.4 Å². The molecule has 18 heavy (non-hydrogen) atoms. The van der Waals surface area contributed by atoms with Crippen molar-refractivity contribution >= 4 is 22.7 Å². The number of rotatable bonds is 2. The van der Waals surface area contributed by atoms with Gasteiger partial charge in [0.25, 0.3) is 0 Å². The van der Waals surface area contributed by atoms with E-state index in [0.717, 1.165) is 0 Å². The number of nitrogens with zero attached hydrogens (tertiary/aromatic N) is 1. The van der Waals surface area contributed by atoms with Crippen LogP contribution in [0.5, 0.6) is 0 Å². The molecule has 0 amide bonds. The summed E-state index contributed by atoms with van der Waals surface area (Å²) in [4.78, 5) is 2.64. The fourth-order valence-corrected chi connectivity index (χ4v) is 3.67. The van der Waals surface area contributed by atoms with Crippen molar-refractivity contribution in [2.75, 3.05) is 0 Å². The quantitative estimate of drug-likeness (QED) is 0.613. The minimum Gasteiger partial charge on any atom is -0.193 e. The van der Waals surface area contributed by atoms with Crippen molar-refractivity contribution in [2.24, 2.45) is 7.05 Å². The van der Waals surface area contributed by atoms with E-state index in [4.69, 9.17) is 0 Å². The molecule has 90 valence electrons. The van der Waals surface area contributed by atoms with Crippen LogP contribution in [0, 0.1) is 6.92 Å². The van der Waals surface area contributed by atoms with Gasteiger partial charge in [-0.1, -0.05) is 12.1 Å². The molecule has 0 saturated heterocycles. The second-order valence-electron chi connectivity index (χ2n) is 4.32. The number of aromatic nitrogens is 1. The molecule has 0 aliphatic carbocycles. The van der Waals surface area contributed by atoms with E-state index in [9.17, 15) is 0 Å². The van der Waals surface area contributed by atoms with Crippen molar-refractivity contribution in [1.29, 1.82) is 0 Å². The van der Waals surface area contributed by atoms with Crippen LogP contribution in [-0.4, -0.2) is 0 Å². The first-order chi connectivity index (χ1) is 8.75. The summed E-state index contributed by atoms with van der Waals surface area (Å²) in [5.74, 6) is 0. The molecule has 0 bridgehead atoms. The Kier molecular flexibility index (Phi) is 3.02. The zero-order chi connectivity index (χ0) is 12.5. The highest BCUT2D eigenvalue weighted by molar-refractivity contribution is 7.13. The standard InChI is InChI=1S/C15H14NS2/c1-11-9-12(14-5-3-7-17-14)16(2)13(10-11)15-6-4-8-18-15/h3-10H,1-2H3/q+1. The van der Waals surface area contributed by atoms with Crippen LogP contribution in [0.1, 0.15) is 5.56 Å². The highest BCUT2D eigenvalue weighted by Gasteiger charge is 2.18. The molecule has 0 spiro atoms. The van der Waals surface area contributed by atoms with Crippen LogP contribution in [0.4, 0.5) is 0 Å². The second-order valence-corrected chi connectivity index (χ2v) is 6.21. The molecule has 3 rings (SSSR count). The second kappa shape index (κ2) is 4.67. The average Bonchev–Trinajstić information content (AvgIpc) is 3.02. The third kappa shape index (κ3) is 2.00. The van der Waals surface area contributed by atoms with Gasteiger partial charge in [0.2, 0.25) is 11.4 Å². The third-order valence-corrected chi connectivity index (χ3v) is 4.78. The van der Waals surface area contributed by atoms with Gasteiger partial charge in [0.05, 0.1) is 9.75 Å². The topological polar surface area (TPSA) is 3.88 Å². The van der Waals surface area contributed by atoms with E-state index in [1.165, 1.54) is 26.7 Å². The fourth-order valence-electron chi connectivity index (χ4n) is 2.12. The van der Waals surface area contributed by atoms with Crippen LogP contribution in [0.25, 0.3) is 21.1 Å². The summed E-state index contributed by atoms with van der Waals surface area (Å²) in [6, 6.07) is 13.1. The van der Waals surface area contributed by atoms with Crippen molar-refractivity contribution in [2.45, 2.75) is 6.92 Å². The zero-order valence-electron chi connectivity index (χ0n) is 10.4. The van der Waals surface area contributed by atoms with Gasteiger partial charge in [-0.2, -0.15) is 4.57 Å². The first-order valence-electron chi connectivity index (χ1n) is 5.84. The van der Waals surface area contributed by atoms with Crippen molar-refractivity contribution in [3.8, 4) is 21.1 Å². The van der Waals surface area contributed by atoms with E-state index in [1.807, 2.05) is 0 Å². The maximum Gasteiger partial charge on any atom is 0.223 e. The highest BCUT2D eigenvalue weighted by Crippen LogP contribution is 2.27. The number of pyridine rings is 1. The van der Waals surface area contributed by atoms with Gasteiger partial charge in [-0.25, -0.2) is 0 Å². The lowest BCUT2D eigenvalue weighted by Gasteiger charge is -2.04. The first kappa shape index (κ1) is 11.6. The molecule has 1 nitrogen and oxygen atoms in total. The van der Waals surface area contributed by atoms with Gasteiger partial charge in [-0.3, -0.25) is 0 Å². The van der Waals surface area contributed by atoms with Crippen LogP contribution in [0.15, 0.2) is 47.2 Å². The Morgan fingerprint density at radius 1 is 0.889 bits per heavy atom. The Labute approximate surface area is 115 Å². The molecule has 0 unspecified atom stereocenters. The molecule has 0 aliphatic rings. The van der Waals surface area contributed by atoms with Crippen molar-refractivity contribution in [1.82, 2.24) is 0 Å². The maximum atomic E-state index is 2.28. The van der Waals surface area contributed by atoms with Gasteiger partial charge < -0.3 is 0 Å². The van der Waals surface area contributed by atoms with Crippen LogP contribution >= 0.6 is 22.7 Å². The molecular formula is C15H14NS2+. The highest BCUT2D eigenvalue weighted by atomic mass is 32.1. The molecule has 0 radical (unpaired) electrons. The summed E-state index contributed by atoms with van der Waals surface area (Å²) >= 11 is 3.57. The Morgan fingerprint density at radius 2 is 1.39 bits per heavy atom. The predicted octanol–water partition coefficient (Wildman–Crippen LogP) is 4.28. The first-order valence-corrected chi connectivity index (χ1v) is 7.60. The van der Waals surface area contributed by atoms with Crippen LogP contribution in [0.3, 0.4) is 0 Å². The van der Waals surface area contributed by atoms with E-state index < -0.39 is 0 Å². The zero-order valence-corrected chi connectivity index (χ0v) is 12.0. The van der Waals surface area contributed by atoms with Crippen molar-refractivity contribution in [3.05, 3.63) is 52.7 Å². The van der Waals surface area contributed by atoms with Crippen molar-refractivity contribution < 1.29 is 4.57 Å². The van der Waals surface area contributed by atoms with Gasteiger partial charge in [0, 0.05) is 12.1 Å². The largest absolute Gasteiger partial charge is 0.223 e. The molecule has 0 saturated carbocycles. The van der Waals surface area contributed by atoms with Crippen LogP contribution < -0.4 is 4.57 Å². The van der Waals surface area contributed by atoms with Crippen LogP contribution in [-0.2, 0) is 7.05 Å². The molecule has 3 heteroatoms. The fraction of sp³-hybridized carbons (Fsp3) is 0.133. The Bertz CT molecular complexity index is 597. The smallest absolute Gasteiger partial charge is 0.193 e.